The summed E-state index contributed by atoms with van der Waals surface area (Å²) in [4.78, 5) is 6.66. The normalized spacial score (nSPS) is 21.2. The monoisotopic (exact) mass is 286 g/mol. The first-order chi connectivity index (χ1) is 8.70. The van der Waals surface area contributed by atoms with E-state index in [0.717, 1.165) is 12.1 Å². The topological polar surface area (TPSA) is 16.1 Å². The highest BCUT2D eigenvalue weighted by molar-refractivity contribution is 6.32. The van der Waals surface area contributed by atoms with E-state index in [1.807, 2.05) is 12.1 Å². The van der Waals surface area contributed by atoms with Gasteiger partial charge in [0.15, 0.2) is 0 Å². The van der Waals surface area contributed by atoms with Crippen molar-refractivity contribution >= 4 is 23.2 Å². The molecule has 2 rings (SSSR count). The molecule has 1 aliphatic heterocycles. The fourth-order valence-corrected chi connectivity index (χ4v) is 3.11. The van der Waals surface area contributed by atoms with E-state index < -0.39 is 0 Å². The lowest BCUT2D eigenvalue weighted by Crippen LogP contribution is -2.38. The minimum atomic E-state index is 0.465. The van der Waals surface area contributed by atoms with Gasteiger partial charge in [-0.05, 0) is 31.9 Å². The molecule has 0 N–H and O–H groups in total. The third-order valence-corrected chi connectivity index (χ3v) is 4.17. The zero-order valence-electron chi connectivity index (χ0n) is 10.8. The average molecular weight is 287 g/mol. The van der Waals surface area contributed by atoms with Crippen molar-refractivity contribution in [2.75, 3.05) is 6.54 Å². The molecule has 0 saturated carbocycles. The Morgan fingerprint density at radius 3 is 2.89 bits per heavy atom. The fourth-order valence-electron chi connectivity index (χ4n) is 2.71. The van der Waals surface area contributed by atoms with E-state index in [0.29, 0.717) is 16.3 Å². The molecule has 1 fully saturated rings. The maximum atomic E-state index is 6.15. The van der Waals surface area contributed by atoms with E-state index in [1.54, 1.807) is 0 Å². The molecule has 1 atom stereocenters. The molecule has 0 aliphatic carbocycles. The Hall–Kier alpha value is -0.310. The lowest BCUT2D eigenvalue weighted by Gasteiger charge is -2.35. The summed E-state index contributed by atoms with van der Waals surface area (Å²) in [6.07, 6.45) is 6.48. The van der Waals surface area contributed by atoms with Gasteiger partial charge < -0.3 is 0 Å². The zero-order chi connectivity index (χ0) is 13.0. The molecule has 1 aliphatic rings. The van der Waals surface area contributed by atoms with E-state index in [-0.39, 0.29) is 0 Å². The van der Waals surface area contributed by atoms with Gasteiger partial charge in [-0.15, -0.1) is 0 Å². The highest BCUT2D eigenvalue weighted by atomic mass is 35.5. The second-order valence-electron chi connectivity index (χ2n) is 4.99. The fraction of sp³-hybridized carbons (Fsp3) is 0.643. The molecule has 100 valence electrons. The lowest BCUT2D eigenvalue weighted by molar-refractivity contribution is 0.131. The minimum absolute atomic E-state index is 0.465. The Morgan fingerprint density at radius 2 is 2.17 bits per heavy atom. The van der Waals surface area contributed by atoms with Gasteiger partial charge in [-0.25, -0.2) is 4.98 Å². The predicted octanol–water partition coefficient (Wildman–Crippen LogP) is 4.54. The summed E-state index contributed by atoms with van der Waals surface area (Å²) in [7, 11) is 0. The predicted molar refractivity (Wildman–Crippen MR) is 77.2 cm³/mol. The summed E-state index contributed by atoms with van der Waals surface area (Å²) in [5, 5.41) is 1.01. The highest BCUT2D eigenvalue weighted by Crippen LogP contribution is 2.25. The molecule has 2 heterocycles. The van der Waals surface area contributed by atoms with Crippen molar-refractivity contribution in [3.05, 3.63) is 28.0 Å². The summed E-state index contributed by atoms with van der Waals surface area (Å²) in [6.45, 7) is 4.32. The molecule has 0 amide bonds. The van der Waals surface area contributed by atoms with Gasteiger partial charge in [0.1, 0.15) is 10.3 Å². The Morgan fingerprint density at radius 1 is 1.33 bits per heavy atom. The van der Waals surface area contributed by atoms with Gasteiger partial charge in [-0.2, -0.15) is 0 Å². The first-order valence-corrected chi connectivity index (χ1v) is 7.51. The molecule has 0 radical (unpaired) electrons. The number of piperidine rings is 1. The summed E-state index contributed by atoms with van der Waals surface area (Å²) in [6, 6.07) is 4.52. The van der Waals surface area contributed by atoms with Crippen LogP contribution in [0, 0.1) is 0 Å². The Bertz CT molecular complexity index is 393. The van der Waals surface area contributed by atoms with Crippen LogP contribution in [-0.4, -0.2) is 22.5 Å². The quantitative estimate of drug-likeness (QED) is 0.756. The van der Waals surface area contributed by atoms with Crippen molar-refractivity contribution in [2.45, 2.75) is 51.6 Å². The number of aromatic nitrogens is 1. The number of halogens is 2. The van der Waals surface area contributed by atoms with Gasteiger partial charge in [0.2, 0.25) is 0 Å². The molecule has 4 heteroatoms. The lowest BCUT2D eigenvalue weighted by atomic mass is 9.98. The van der Waals surface area contributed by atoms with Crippen LogP contribution in [0.25, 0.3) is 0 Å². The van der Waals surface area contributed by atoms with Crippen LogP contribution in [0.2, 0.25) is 10.3 Å². The van der Waals surface area contributed by atoms with Crippen molar-refractivity contribution < 1.29 is 0 Å². The maximum absolute atomic E-state index is 6.15. The van der Waals surface area contributed by atoms with Gasteiger partial charge in [0.05, 0.1) is 0 Å². The van der Waals surface area contributed by atoms with Crippen LogP contribution >= 0.6 is 23.2 Å². The van der Waals surface area contributed by atoms with Crippen LogP contribution < -0.4 is 0 Å². The first-order valence-electron chi connectivity index (χ1n) is 6.75. The maximum Gasteiger partial charge on any atom is 0.135 e. The molecular weight excluding hydrogens is 267 g/mol. The zero-order valence-corrected chi connectivity index (χ0v) is 12.3. The number of pyridine rings is 1. The van der Waals surface area contributed by atoms with E-state index in [2.05, 4.69) is 16.8 Å². The van der Waals surface area contributed by atoms with Crippen molar-refractivity contribution in [1.82, 2.24) is 9.88 Å². The molecule has 0 spiro atoms. The van der Waals surface area contributed by atoms with Crippen LogP contribution in [-0.2, 0) is 6.54 Å². The summed E-state index contributed by atoms with van der Waals surface area (Å²) in [5.74, 6) is 0. The van der Waals surface area contributed by atoms with Crippen LogP contribution in [0.15, 0.2) is 12.1 Å². The minimum Gasteiger partial charge on any atom is -0.296 e. The molecule has 18 heavy (non-hydrogen) atoms. The third kappa shape index (κ3) is 3.59. The van der Waals surface area contributed by atoms with Gasteiger partial charge >= 0.3 is 0 Å². The van der Waals surface area contributed by atoms with Crippen LogP contribution in [0.5, 0.6) is 0 Å². The molecule has 1 saturated heterocycles. The Kier molecular flexibility index (Phi) is 5.28. The van der Waals surface area contributed by atoms with E-state index in [9.17, 15) is 0 Å². The second-order valence-corrected chi connectivity index (χ2v) is 5.74. The number of hydrogen-bond acceptors (Lipinski definition) is 2. The van der Waals surface area contributed by atoms with Gasteiger partial charge in [-0.3, -0.25) is 4.90 Å². The average Bonchev–Trinajstić information content (AvgIpc) is 2.35. The standard InChI is InChI=1S/C14H20Cl2N2/c1-2-5-12-6-3-4-9-18(12)10-11-7-8-13(15)17-14(11)16/h7-8,12H,2-6,9-10H2,1H3. The van der Waals surface area contributed by atoms with E-state index in [1.165, 1.54) is 38.6 Å². The number of hydrogen-bond donors (Lipinski definition) is 0. The second kappa shape index (κ2) is 6.74. The number of likely N-dealkylation sites (tertiary alicyclic amines) is 1. The molecule has 2 nitrogen and oxygen atoms in total. The van der Waals surface area contributed by atoms with E-state index >= 15 is 0 Å². The molecule has 1 aromatic heterocycles. The smallest absolute Gasteiger partial charge is 0.135 e. The summed E-state index contributed by atoms with van der Waals surface area (Å²) in [5.41, 5.74) is 1.09. The molecule has 1 unspecified atom stereocenters. The van der Waals surface area contributed by atoms with Crippen LogP contribution in [0.4, 0.5) is 0 Å². The van der Waals surface area contributed by atoms with Gasteiger partial charge in [-0.1, -0.05) is 49.0 Å². The largest absolute Gasteiger partial charge is 0.296 e. The Labute approximate surface area is 119 Å². The third-order valence-electron chi connectivity index (χ3n) is 3.64. The van der Waals surface area contributed by atoms with E-state index in [4.69, 9.17) is 23.2 Å². The van der Waals surface area contributed by atoms with Crippen molar-refractivity contribution in [3.63, 3.8) is 0 Å². The molecule has 0 aromatic carbocycles. The SMILES string of the molecule is CCCC1CCCCN1Cc1ccc(Cl)nc1Cl. The van der Waals surface area contributed by atoms with Gasteiger partial charge in [0, 0.05) is 18.2 Å². The summed E-state index contributed by atoms with van der Waals surface area (Å²) >= 11 is 12.0. The molecule has 1 aromatic rings. The van der Waals surface area contributed by atoms with Crippen LogP contribution in [0.1, 0.15) is 44.6 Å². The molecule has 0 bridgehead atoms. The van der Waals surface area contributed by atoms with Gasteiger partial charge in [0.25, 0.3) is 0 Å². The number of nitrogens with zero attached hydrogens (tertiary/aromatic N) is 2. The highest BCUT2D eigenvalue weighted by Gasteiger charge is 2.22. The van der Waals surface area contributed by atoms with Crippen molar-refractivity contribution in [3.8, 4) is 0 Å². The van der Waals surface area contributed by atoms with Crippen LogP contribution in [0.3, 0.4) is 0 Å². The summed E-state index contributed by atoms with van der Waals surface area (Å²) < 4.78 is 0. The van der Waals surface area contributed by atoms with Crippen molar-refractivity contribution in [1.29, 1.82) is 0 Å². The number of rotatable bonds is 4. The first kappa shape index (κ1) is 14.1. The molecular formula is C14H20Cl2N2. The van der Waals surface area contributed by atoms with Crippen molar-refractivity contribution in [2.24, 2.45) is 0 Å². The Balaban J connectivity index is 2.06.